The predicted octanol–water partition coefficient (Wildman–Crippen LogP) is 5.54. The van der Waals surface area contributed by atoms with Crippen LogP contribution in [0.3, 0.4) is 0 Å². The van der Waals surface area contributed by atoms with Crippen molar-refractivity contribution in [3.05, 3.63) is 77.2 Å². The molecule has 37 heavy (non-hydrogen) atoms. The van der Waals surface area contributed by atoms with Gasteiger partial charge in [0.15, 0.2) is 5.78 Å². The van der Waals surface area contributed by atoms with Crippen molar-refractivity contribution < 1.29 is 9.59 Å². The van der Waals surface area contributed by atoms with Gasteiger partial charge in [-0.3, -0.25) is 14.5 Å². The lowest BCUT2D eigenvalue weighted by Gasteiger charge is -2.32. The molecule has 1 saturated heterocycles. The number of benzene rings is 2. The number of Topliss-reactive ketones (excluding diaryl/α,β-unsaturated/α-hetero) is 1. The van der Waals surface area contributed by atoms with Crippen molar-refractivity contribution in [3.63, 3.8) is 0 Å². The third-order valence-electron chi connectivity index (χ3n) is 7.55. The molecule has 2 heterocycles. The van der Waals surface area contributed by atoms with E-state index in [1.165, 1.54) is 5.56 Å². The zero-order chi connectivity index (χ0) is 25.6. The number of carbonyl (C=O) groups is 2. The molecule has 2 N–H and O–H groups in total. The van der Waals surface area contributed by atoms with Crippen LogP contribution in [-0.2, 0) is 24.2 Å². The summed E-state index contributed by atoms with van der Waals surface area (Å²) in [7, 11) is 0. The second-order valence-corrected chi connectivity index (χ2v) is 10.2. The topological polar surface area (TPSA) is 87.2 Å². The minimum atomic E-state index is -0.0457. The number of carbonyl (C=O) groups excluding carboxylic acids is 2. The van der Waals surface area contributed by atoms with Gasteiger partial charge < -0.3 is 10.6 Å². The van der Waals surface area contributed by atoms with Crippen LogP contribution in [0.2, 0.25) is 0 Å². The molecule has 0 spiro atoms. The third kappa shape index (κ3) is 6.41. The molecule has 0 unspecified atom stereocenters. The van der Waals surface area contributed by atoms with Gasteiger partial charge in [-0.05, 0) is 93.4 Å². The highest BCUT2D eigenvalue weighted by Crippen LogP contribution is 2.28. The molecule has 1 amide bonds. The standard InChI is InChI=1S/C30H35N5O2/c1-21(36)33-27-7-3-2-5-24(27)19-35-17-15-22(16-18-35)9-14-29(37)23-10-12-25(13-11-23)34-30-26-6-4-8-28(26)31-20-32-30/h2-3,5,7,10-13,20,22H,4,6,8-9,14-19H2,1H3,(H,33,36)(H,31,32,34). The first-order valence-electron chi connectivity index (χ1n) is 13.4. The van der Waals surface area contributed by atoms with Crippen LogP contribution in [0.15, 0.2) is 54.9 Å². The molecule has 2 aliphatic rings. The number of nitrogens with one attached hydrogen (secondary N) is 2. The largest absolute Gasteiger partial charge is 0.340 e. The van der Waals surface area contributed by atoms with Crippen molar-refractivity contribution in [1.29, 1.82) is 0 Å². The number of anilines is 3. The molecule has 7 nitrogen and oxygen atoms in total. The lowest BCUT2D eigenvalue weighted by molar-refractivity contribution is -0.114. The SMILES string of the molecule is CC(=O)Nc1ccccc1CN1CCC(CCC(=O)c2ccc(Nc3ncnc4c3CCC4)cc2)CC1. The van der Waals surface area contributed by atoms with Gasteiger partial charge in [0.2, 0.25) is 5.91 Å². The number of nitrogens with zero attached hydrogens (tertiary/aromatic N) is 3. The van der Waals surface area contributed by atoms with Crippen molar-refractivity contribution in [3.8, 4) is 0 Å². The second-order valence-electron chi connectivity index (χ2n) is 10.2. The molecule has 7 heteroatoms. The van der Waals surface area contributed by atoms with Gasteiger partial charge in [-0.25, -0.2) is 9.97 Å². The molecule has 0 atom stereocenters. The van der Waals surface area contributed by atoms with Crippen molar-refractivity contribution >= 4 is 28.9 Å². The number of para-hydroxylation sites is 1. The Kier molecular flexibility index (Phi) is 7.90. The van der Waals surface area contributed by atoms with Crippen LogP contribution in [0.1, 0.15) is 66.2 Å². The van der Waals surface area contributed by atoms with Crippen LogP contribution < -0.4 is 10.6 Å². The van der Waals surface area contributed by atoms with Gasteiger partial charge in [0.05, 0.1) is 0 Å². The Bertz CT molecular complexity index is 1250. The lowest BCUT2D eigenvalue weighted by Crippen LogP contribution is -2.33. The Morgan fingerprint density at radius 1 is 1.00 bits per heavy atom. The highest BCUT2D eigenvalue weighted by Gasteiger charge is 2.21. The smallest absolute Gasteiger partial charge is 0.221 e. The Balaban J connectivity index is 1.08. The van der Waals surface area contributed by atoms with Crippen LogP contribution in [-0.4, -0.2) is 39.6 Å². The van der Waals surface area contributed by atoms with Crippen LogP contribution in [0, 0.1) is 5.92 Å². The van der Waals surface area contributed by atoms with E-state index in [2.05, 4.69) is 31.6 Å². The maximum atomic E-state index is 12.9. The summed E-state index contributed by atoms with van der Waals surface area (Å²) in [6.45, 7) is 4.40. The van der Waals surface area contributed by atoms with E-state index in [9.17, 15) is 9.59 Å². The number of aryl methyl sites for hydroxylation is 1. The second kappa shape index (κ2) is 11.6. The summed E-state index contributed by atoms with van der Waals surface area (Å²) in [5.41, 5.74) is 6.11. The molecule has 1 aliphatic carbocycles. The van der Waals surface area contributed by atoms with E-state index < -0.39 is 0 Å². The first kappa shape index (κ1) is 25.1. The zero-order valence-corrected chi connectivity index (χ0v) is 21.5. The molecule has 0 radical (unpaired) electrons. The number of fused-ring (bicyclic) bond motifs is 1. The van der Waals surface area contributed by atoms with E-state index in [1.54, 1.807) is 13.3 Å². The summed E-state index contributed by atoms with van der Waals surface area (Å²) in [6, 6.07) is 15.8. The highest BCUT2D eigenvalue weighted by molar-refractivity contribution is 5.96. The summed E-state index contributed by atoms with van der Waals surface area (Å²) in [6.07, 6.45) is 8.50. The molecule has 0 saturated carbocycles. The maximum Gasteiger partial charge on any atom is 0.221 e. The van der Waals surface area contributed by atoms with Crippen LogP contribution >= 0.6 is 0 Å². The molecular formula is C30H35N5O2. The van der Waals surface area contributed by atoms with Gasteiger partial charge in [-0.1, -0.05) is 18.2 Å². The first-order chi connectivity index (χ1) is 18.0. The minimum Gasteiger partial charge on any atom is -0.340 e. The van der Waals surface area contributed by atoms with Crippen LogP contribution in [0.25, 0.3) is 0 Å². The molecular weight excluding hydrogens is 462 g/mol. The number of amides is 1. The molecule has 0 bridgehead atoms. The Morgan fingerprint density at radius 3 is 2.57 bits per heavy atom. The van der Waals surface area contributed by atoms with Gasteiger partial charge in [0.1, 0.15) is 12.1 Å². The average Bonchev–Trinajstić information content (AvgIpc) is 3.40. The van der Waals surface area contributed by atoms with Gasteiger partial charge in [0.25, 0.3) is 0 Å². The fourth-order valence-corrected chi connectivity index (χ4v) is 5.47. The molecule has 1 aromatic heterocycles. The monoisotopic (exact) mass is 497 g/mol. The van der Waals surface area contributed by atoms with Crippen molar-refractivity contribution in [2.24, 2.45) is 5.92 Å². The van der Waals surface area contributed by atoms with Gasteiger partial charge in [-0.15, -0.1) is 0 Å². The number of rotatable bonds is 9. The molecule has 3 aromatic rings. The molecule has 1 fully saturated rings. The fraction of sp³-hybridized carbons (Fsp3) is 0.400. The van der Waals surface area contributed by atoms with E-state index >= 15 is 0 Å². The van der Waals surface area contributed by atoms with E-state index in [-0.39, 0.29) is 11.7 Å². The van der Waals surface area contributed by atoms with E-state index in [0.717, 1.165) is 92.2 Å². The molecule has 192 valence electrons. The quantitative estimate of drug-likeness (QED) is 0.377. The third-order valence-corrected chi connectivity index (χ3v) is 7.55. The summed E-state index contributed by atoms with van der Waals surface area (Å²) in [4.78, 5) is 35.6. The zero-order valence-electron chi connectivity index (χ0n) is 21.5. The number of likely N-dealkylation sites (tertiary alicyclic amines) is 1. The Morgan fingerprint density at radius 2 is 1.78 bits per heavy atom. The highest BCUT2D eigenvalue weighted by atomic mass is 16.1. The molecule has 2 aromatic carbocycles. The predicted molar refractivity (Wildman–Crippen MR) is 146 cm³/mol. The lowest BCUT2D eigenvalue weighted by atomic mass is 9.90. The first-order valence-corrected chi connectivity index (χ1v) is 13.4. The van der Waals surface area contributed by atoms with Gasteiger partial charge >= 0.3 is 0 Å². The number of aromatic nitrogens is 2. The fourth-order valence-electron chi connectivity index (χ4n) is 5.47. The number of hydrogen-bond acceptors (Lipinski definition) is 6. The number of hydrogen-bond donors (Lipinski definition) is 2. The van der Waals surface area contributed by atoms with E-state index in [4.69, 9.17) is 0 Å². The normalized spacial score (nSPS) is 15.8. The average molecular weight is 498 g/mol. The Hall–Kier alpha value is -3.58. The summed E-state index contributed by atoms with van der Waals surface area (Å²) >= 11 is 0. The molecule has 5 rings (SSSR count). The molecule has 1 aliphatic heterocycles. The number of piperidine rings is 1. The Labute approximate surface area is 218 Å². The van der Waals surface area contributed by atoms with E-state index in [1.807, 2.05) is 42.5 Å². The minimum absolute atomic E-state index is 0.0457. The maximum absolute atomic E-state index is 12.9. The van der Waals surface area contributed by atoms with Crippen molar-refractivity contribution in [2.45, 2.75) is 58.4 Å². The summed E-state index contributed by atoms with van der Waals surface area (Å²) in [5, 5.41) is 6.33. The van der Waals surface area contributed by atoms with E-state index in [0.29, 0.717) is 12.3 Å². The summed E-state index contributed by atoms with van der Waals surface area (Å²) < 4.78 is 0. The number of ketones is 1. The van der Waals surface area contributed by atoms with Gasteiger partial charge in [-0.2, -0.15) is 0 Å². The van der Waals surface area contributed by atoms with Gasteiger partial charge in [0, 0.05) is 48.1 Å². The van der Waals surface area contributed by atoms with Crippen LogP contribution in [0.5, 0.6) is 0 Å². The summed E-state index contributed by atoms with van der Waals surface area (Å²) in [5.74, 6) is 1.62. The van der Waals surface area contributed by atoms with Crippen molar-refractivity contribution in [2.75, 3.05) is 23.7 Å². The van der Waals surface area contributed by atoms with Crippen molar-refractivity contribution in [1.82, 2.24) is 14.9 Å². The van der Waals surface area contributed by atoms with Crippen LogP contribution in [0.4, 0.5) is 17.2 Å².